The summed E-state index contributed by atoms with van der Waals surface area (Å²) in [6.07, 6.45) is 6.83. The van der Waals surface area contributed by atoms with Gasteiger partial charge in [0.1, 0.15) is 0 Å². The van der Waals surface area contributed by atoms with Gasteiger partial charge < -0.3 is 15.5 Å². The quantitative estimate of drug-likeness (QED) is 0.805. The summed E-state index contributed by atoms with van der Waals surface area (Å²) in [5.41, 5.74) is 0. The zero-order valence-corrected chi connectivity index (χ0v) is 12.5. The Morgan fingerprint density at radius 2 is 1.74 bits per heavy atom. The fourth-order valence-electron chi connectivity index (χ4n) is 3.30. The van der Waals surface area contributed by atoms with Crippen molar-refractivity contribution in [1.29, 1.82) is 0 Å². The second kappa shape index (κ2) is 7.25. The van der Waals surface area contributed by atoms with Gasteiger partial charge in [-0.1, -0.05) is 0 Å². The van der Waals surface area contributed by atoms with Crippen LogP contribution in [0.1, 0.15) is 38.5 Å². The van der Waals surface area contributed by atoms with Crippen molar-refractivity contribution < 1.29 is 4.79 Å². The number of rotatable bonds is 4. The molecule has 0 bridgehead atoms. The van der Waals surface area contributed by atoms with Crippen molar-refractivity contribution in [3.63, 3.8) is 0 Å². The smallest absolute Gasteiger partial charge is 0.223 e. The van der Waals surface area contributed by atoms with E-state index in [0.29, 0.717) is 17.9 Å². The molecule has 0 aromatic heterocycles. The largest absolute Gasteiger partial charge is 0.356 e. The molecular formula is C15H29N3O. The maximum atomic E-state index is 12.2. The highest BCUT2D eigenvalue weighted by atomic mass is 16.1. The first-order valence-corrected chi connectivity index (χ1v) is 7.82. The number of carbonyl (C=O) groups excluding carboxylic acids is 1. The van der Waals surface area contributed by atoms with Gasteiger partial charge in [-0.05, 0) is 71.6 Å². The highest BCUT2D eigenvalue weighted by Gasteiger charge is 2.26. The Morgan fingerprint density at radius 1 is 1.11 bits per heavy atom. The van der Waals surface area contributed by atoms with Crippen LogP contribution in [-0.4, -0.2) is 50.6 Å². The molecule has 0 spiro atoms. The second-order valence-corrected chi connectivity index (χ2v) is 6.33. The van der Waals surface area contributed by atoms with E-state index in [9.17, 15) is 4.79 Å². The number of nitrogens with zero attached hydrogens (tertiary/aromatic N) is 1. The number of hydrogen-bond donors (Lipinski definition) is 2. The number of hydrogen-bond acceptors (Lipinski definition) is 3. The number of likely N-dealkylation sites (tertiary alicyclic amines) is 1. The van der Waals surface area contributed by atoms with Gasteiger partial charge in [-0.15, -0.1) is 0 Å². The Bertz CT molecular complexity index is 279. The molecule has 1 heterocycles. The van der Waals surface area contributed by atoms with Gasteiger partial charge in [0, 0.05) is 18.5 Å². The van der Waals surface area contributed by atoms with E-state index >= 15 is 0 Å². The average Bonchev–Trinajstić information content (AvgIpc) is 2.46. The van der Waals surface area contributed by atoms with E-state index in [1.54, 1.807) is 0 Å². The standard InChI is InChI=1S/C15H29N3O/c1-16-14-5-3-13(4-6-14)15(19)17-11-12-7-9-18(2)10-8-12/h12-14,16H,3-11H2,1-2H3,(H,17,19). The SMILES string of the molecule is CNC1CCC(C(=O)NCC2CCN(C)CC2)CC1. The minimum absolute atomic E-state index is 0.260. The van der Waals surface area contributed by atoms with E-state index in [4.69, 9.17) is 0 Å². The molecule has 0 aromatic rings. The van der Waals surface area contributed by atoms with Crippen molar-refractivity contribution in [2.45, 2.75) is 44.6 Å². The molecule has 1 amide bonds. The van der Waals surface area contributed by atoms with E-state index in [-0.39, 0.29) is 5.92 Å². The molecule has 2 N–H and O–H groups in total. The zero-order valence-electron chi connectivity index (χ0n) is 12.5. The van der Waals surface area contributed by atoms with Crippen LogP contribution in [0.15, 0.2) is 0 Å². The Hall–Kier alpha value is -0.610. The summed E-state index contributed by atoms with van der Waals surface area (Å²) in [6.45, 7) is 3.24. The fraction of sp³-hybridized carbons (Fsp3) is 0.933. The summed E-state index contributed by atoms with van der Waals surface area (Å²) in [5.74, 6) is 1.25. The zero-order chi connectivity index (χ0) is 13.7. The molecule has 4 nitrogen and oxygen atoms in total. The molecule has 0 aromatic carbocycles. The lowest BCUT2D eigenvalue weighted by Gasteiger charge is -2.30. The normalized spacial score (nSPS) is 30.2. The third-order valence-electron chi connectivity index (χ3n) is 4.91. The molecule has 0 unspecified atom stereocenters. The molecule has 4 heteroatoms. The van der Waals surface area contributed by atoms with Crippen LogP contribution in [0.3, 0.4) is 0 Å². The van der Waals surface area contributed by atoms with Crippen LogP contribution in [0.4, 0.5) is 0 Å². The van der Waals surface area contributed by atoms with Crippen LogP contribution in [0.5, 0.6) is 0 Å². The van der Waals surface area contributed by atoms with E-state index in [1.165, 1.54) is 25.9 Å². The first kappa shape index (κ1) is 14.8. The van der Waals surface area contributed by atoms with Crippen LogP contribution in [0.2, 0.25) is 0 Å². The summed E-state index contributed by atoms with van der Waals surface area (Å²) in [6, 6.07) is 0.623. The topological polar surface area (TPSA) is 44.4 Å². The van der Waals surface area contributed by atoms with Gasteiger partial charge in [-0.2, -0.15) is 0 Å². The average molecular weight is 267 g/mol. The maximum Gasteiger partial charge on any atom is 0.223 e. The van der Waals surface area contributed by atoms with Crippen molar-refractivity contribution in [2.24, 2.45) is 11.8 Å². The molecule has 1 aliphatic heterocycles. The van der Waals surface area contributed by atoms with Crippen molar-refractivity contribution in [3.8, 4) is 0 Å². The summed E-state index contributed by atoms with van der Waals surface area (Å²) in [7, 11) is 4.19. The Balaban J connectivity index is 1.64. The number of nitrogens with one attached hydrogen (secondary N) is 2. The van der Waals surface area contributed by atoms with Crippen LogP contribution in [-0.2, 0) is 4.79 Å². The van der Waals surface area contributed by atoms with E-state index < -0.39 is 0 Å². The molecular weight excluding hydrogens is 238 g/mol. The molecule has 2 rings (SSSR count). The van der Waals surface area contributed by atoms with Crippen LogP contribution >= 0.6 is 0 Å². The molecule has 0 atom stereocenters. The molecule has 1 aliphatic carbocycles. The Labute approximate surface area is 117 Å². The minimum Gasteiger partial charge on any atom is -0.356 e. The van der Waals surface area contributed by atoms with E-state index in [2.05, 4.69) is 22.6 Å². The molecule has 110 valence electrons. The minimum atomic E-state index is 0.260. The maximum absolute atomic E-state index is 12.2. The van der Waals surface area contributed by atoms with Crippen molar-refractivity contribution in [2.75, 3.05) is 33.7 Å². The van der Waals surface area contributed by atoms with Gasteiger partial charge in [0.05, 0.1) is 0 Å². The lowest BCUT2D eigenvalue weighted by atomic mass is 9.85. The summed E-state index contributed by atoms with van der Waals surface area (Å²) < 4.78 is 0. The van der Waals surface area contributed by atoms with Crippen LogP contribution in [0, 0.1) is 11.8 Å². The van der Waals surface area contributed by atoms with Gasteiger partial charge in [0.15, 0.2) is 0 Å². The lowest BCUT2D eigenvalue weighted by Crippen LogP contribution is -2.41. The van der Waals surface area contributed by atoms with Gasteiger partial charge in [0.2, 0.25) is 5.91 Å². The first-order valence-electron chi connectivity index (χ1n) is 7.82. The summed E-state index contributed by atoms with van der Waals surface area (Å²) in [5, 5.41) is 6.51. The molecule has 19 heavy (non-hydrogen) atoms. The van der Waals surface area contributed by atoms with Gasteiger partial charge in [0.25, 0.3) is 0 Å². The number of amides is 1. The molecule has 0 radical (unpaired) electrons. The second-order valence-electron chi connectivity index (χ2n) is 6.33. The van der Waals surface area contributed by atoms with Gasteiger partial charge in [-0.3, -0.25) is 4.79 Å². The van der Waals surface area contributed by atoms with E-state index in [0.717, 1.165) is 32.2 Å². The molecule has 1 saturated carbocycles. The first-order chi connectivity index (χ1) is 9.19. The van der Waals surface area contributed by atoms with Crippen molar-refractivity contribution in [1.82, 2.24) is 15.5 Å². The van der Waals surface area contributed by atoms with Crippen molar-refractivity contribution >= 4 is 5.91 Å². The third kappa shape index (κ3) is 4.46. The van der Waals surface area contributed by atoms with Gasteiger partial charge >= 0.3 is 0 Å². The Kier molecular flexibility index (Phi) is 5.64. The monoisotopic (exact) mass is 267 g/mol. The van der Waals surface area contributed by atoms with E-state index in [1.807, 2.05) is 7.05 Å². The number of piperidine rings is 1. The number of carbonyl (C=O) groups is 1. The van der Waals surface area contributed by atoms with Crippen LogP contribution < -0.4 is 10.6 Å². The summed E-state index contributed by atoms with van der Waals surface area (Å²) in [4.78, 5) is 14.5. The molecule has 2 fully saturated rings. The van der Waals surface area contributed by atoms with Gasteiger partial charge in [-0.25, -0.2) is 0 Å². The predicted octanol–water partition coefficient (Wildman–Crippen LogP) is 1.22. The van der Waals surface area contributed by atoms with Crippen LogP contribution in [0.25, 0.3) is 0 Å². The predicted molar refractivity (Wildman–Crippen MR) is 78.0 cm³/mol. The highest BCUT2D eigenvalue weighted by molar-refractivity contribution is 5.78. The molecule has 1 saturated heterocycles. The van der Waals surface area contributed by atoms with Crippen molar-refractivity contribution in [3.05, 3.63) is 0 Å². The Morgan fingerprint density at radius 3 is 2.32 bits per heavy atom. The molecule has 2 aliphatic rings. The highest BCUT2D eigenvalue weighted by Crippen LogP contribution is 2.24. The third-order valence-corrected chi connectivity index (χ3v) is 4.91. The summed E-state index contributed by atoms with van der Waals surface area (Å²) >= 11 is 0. The lowest BCUT2D eigenvalue weighted by molar-refractivity contribution is -0.126. The fourth-order valence-corrected chi connectivity index (χ4v) is 3.30.